The molecule has 1 aromatic rings. The Morgan fingerprint density at radius 1 is 1.05 bits per heavy atom. The molecule has 0 atom stereocenters. The molecule has 0 fully saturated rings. The fraction of sp³-hybridized carbons (Fsp3) is 0.571. The average molecular weight is 333 g/mol. The topological polar surface area (TPSA) is 36.9 Å². The summed E-state index contributed by atoms with van der Waals surface area (Å²) in [5.74, 6) is 2.02. The van der Waals surface area contributed by atoms with Crippen molar-refractivity contribution < 1.29 is 18.9 Å². The van der Waals surface area contributed by atoms with Gasteiger partial charge in [-0.3, -0.25) is 0 Å². The summed E-state index contributed by atoms with van der Waals surface area (Å²) < 4.78 is 21.7. The van der Waals surface area contributed by atoms with Crippen LogP contribution in [0.15, 0.2) is 12.1 Å². The van der Waals surface area contributed by atoms with Crippen molar-refractivity contribution in [1.29, 1.82) is 0 Å². The molecule has 0 N–H and O–H groups in total. The van der Waals surface area contributed by atoms with Crippen molar-refractivity contribution in [3.05, 3.63) is 17.7 Å². The highest BCUT2D eigenvalue weighted by Gasteiger charge is 2.13. The Labute approximate surface area is 123 Å². The van der Waals surface area contributed by atoms with Crippen LogP contribution in [0.5, 0.6) is 17.2 Å². The number of alkyl halides is 1. The van der Waals surface area contributed by atoms with Crippen LogP contribution in [-0.4, -0.2) is 34.0 Å². The van der Waals surface area contributed by atoms with Gasteiger partial charge in [0.1, 0.15) is 0 Å². The second-order valence-corrected chi connectivity index (χ2v) is 4.42. The van der Waals surface area contributed by atoms with Crippen LogP contribution in [0, 0.1) is 0 Å². The predicted molar refractivity (Wildman–Crippen MR) is 78.8 cm³/mol. The first-order chi connectivity index (χ1) is 9.26. The number of ether oxygens (including phenoxy) is 4. The summed E-state index contributed by atoms with van der Waals surface area (Å²) in [7, 11) is 3.25. The molecule has 0 bridgehead atoms. The van der Waals surface area contributed by atoms with Crippen molar-refractivity contribution in [1.82, 2.24) is 0 Å². The molecule has 0 spiro atoms. The molecule has 19 heavy (non-hydrogen) atoms. The number of halogens is 1. The molecular formula is C14H21BrO4. The molecule has 4 nitrogen and oxygen atoms in total. The van der Waals surface area contributed by atoms with Gasteiger partial charge in [0, 0.05) is 25.0 Å². The van der Waals surface area contributed by atoms with Gasteiger partial charge in [-0.15, -0.1) is 0 Å². The van der Waals surface area contributed by atoms with Gasteiger partial charge in [0.05, 0.1) is 20.8 Å². The van der Waals surface area contributed by atoms with E-state index in [0.29, 0.717) is 30.5 Å². The third-order valence-electron chi connectivity index (χ3n) is 2.56. The number of methoxy groups -OCH3 is 2. The predicted octanol–water partition coefficient (Wildman–Crippen LogP) is 3.40. The molecular weight excluding hydrogens is 312 g/mol. The Kier molecular flexibility index (Phi) is 7.67. The van der Waals surface area contributed by atoms with Crippen molar-refractivity contribution >= 4 is 15.9 Å². The van der Waals surface area contributed by atoms with E-state index in [1.54, 1.807) is 14.2 Å². The van der Waals surface area contributed by atoms with E-state index >= 15 is 0 Å². The summed E-state index contributed by atoms with van der Waals surface area (Å²) in [4.78, 5) is 0. The summed E-state index contributed by atoms with van der Waals surface area (Å²) in [5.41, 5.74) is 1.08. The first-order valence-electron chi connectivity index (χ1n) is 6.28. The Hall–Kier alpha value is -0.940. The minimum Gasteiger partial charge on any atom is -0.493 e. The average Bonchev–Trinajstić information content (AvgIpc) is 2.46. The second-order valence-electron chi connectivity index (χ2n) is 3.86. The van der Waals surface area contributed by atoms with Crippen LogP contribution >= 0.6 is 15.9 Å². The first kappa shape index (κ1) is 16.1. The molecule has 0 radical (unpaired) electrons. The van der Waals surface area contributed by atoms with Gasteiger partial charge in [0.25, 0.3) is 0 Å². The molecule has 0 amide bonds. The van der Waals surface area contributed by atoms with Gasteiger partial charge in [-0.25, -0.2) is 0 Å². The summed E-state index contributed by atoms with van der Waals surface area (Å²) in [5, 5.41) is 0.740. The van der Waals surface area contributed by atoms with Crippen LogP contribution in [0.2, 0.25) is 0 Å². The molecule has 0 heterocycles. The fourth-order valence-electron chi connectivity index (χ4n) is 1.63. The molecule has 0 saturated heterocycles. The molecule has 0 saturated carbocycles. The first-order valence-corrected chi connectivity index (χ1v) is 7.40. The Morgan fingerprint density at radius 2 is 1.68 bits per heavy atom. The van der Waals surface area contributed by atoms with Crippen LogP contribution < -0.4 is 14.2 Å². The minimum atomic E-state index is 0.570. The maximum absolute atomic E-state index is 5.75. The molecule has 5 heteroatoms. The molecule has 0 unspecified atom stereocenters. The highest BCUT2D eigenvalue weighted by Crippen LogP contribution is 2.39. The standard InChI is InChI=1S/C14H21BrO4/c1-4-18-6-5-7-19-14-12(16-2)8-11(10-15)9-13(14)17-3/h8-9H,4-7,10H2,1-3H3. The maximum Gasteiger partial charge on any atom is 0.203 e. The van der Waals surface area contributed by atoms with Crippen molar-refractivity contribution in [3.8, 4) is 17.2 Å². The van der Waals surface area contributed by atoms with Crippen molar-refractivity contribution in [2.75, 3.05) is 34.0 Å². The zero-order valence-electron chi connectivity index (χ0n) is 11.7. The van der Waals surface area contributed by atoms with Gasteiger partial charge < -0.3 is 18.9 Å². The normalized spacial score (nSPS) is 10.3. The van der Waals surface area contributed by atoms with E-state index in [9.17, 15) is 0 Å². The van der Waals surface area contributed by atoms with E-state index in [0.717, 1.165) is 23.9 Å². The van der Waals surface area contributed by atoms with E-state index < -0.39 is 0 Å². The number of rotatable bonds is 9. The molecule has 0 aromatic heterocycles. The van der Waals surface area contributed by atoms with E-state index in [1.165, 1.54) is 0 Å². The van der Waals surface area contributed by atoms with Gasteiger partial charge in [-0.05, 0) is 24.6 Å². The quantitative estimate of drug-likeness (QED) is 0.513. The van der Waals surface area contributed by atoms with E-state index in [2.05, 4.69) is 15.9 Å². The lowest BCUT2D eigenvalue weighted by molar-refractivity contribution is 0.129. The lowest BCUT2D eigenvalue weighted by Crippen LogP contribution is -2.05. The van der Waals surface area contributed by atoms with E-state index in [1.807, 2.05) is 19.1 Å². The molecule has 0 aliphatic carbocycles. The summed E-state index contributed by atoms with van der Waals surface area (Å²) >= 11 is 3.42. The molecule has 1 aromatic carbocycles. The smallest absolute Gasteiger partial charge is 0.203 e. The van der Waals surface area contributed by atoms with Crippen LogP contribution in [0.3, 0.4) is 0 Å². The number of hydrogen-bond donors (Lipinski definition) is 0. The van der Waals surface area contributed by atoms with Gasteiger partial charge in [0.15, 0.2) is 11.5 Å². The van der Waals surface area contributed by atoms with Crippen LogP contribution in [0.25, 0.3) is 0 Å². The number of benzene rings is 1. The van der Waals surface area contributed by atoms with E-state index in [4.69, 9.17) is 18.9 Å². The zero-order valence-corrected chi connectivity index (χ0v) is 13.3. The van der Waals surface area contributed by atoms with Crippen molar-refractivity contribution in [2.45, 2.75) is 18.7 Å². The van der Waals surface area contributed by atoms with Gasteiger partial charge in [-0.1, -0.05) is 15.9 Å². The van der Waals surface area contributed by atoms with Gasteiger partial charge in [-0.2, -0.15) is 0 Å². The van der Waals surface area contributed by atoms with Crippen molar-refractivity contribution in [3.63, 3.8) is 0 Å². The molecule has 1 rings (SSSR count). The zero-order chi connectivity index (χ0) is 14.1. The van der Waals surface area contributed by atoms with Crippen LogP contribution in [0.1, 0.15) is 18.9 Å². The van der Waals surface area contributed by atoms with Crippen LogP contribution in [-0.2, 0) is 10.1 Å². The molecule has 0 aliphatic heterocycles. The monoisotopic (exact) mass is 332 g/mol. The van der Waals surface area contributed by atoms with E-state index in [-0.39, 0.29) is 0 Å². The molecule has 108 valence electrons. The number of hydrogen-bond acceptors (Lipinski definition) is 4. The highest BCUT2D eigenvalue weighted by atomic mass is 79.9. The Bertz CT molecular complexity index is 357. The van der Waals surface area contributed by atoms with Gasteiger partial charge in [0.2, 0.25) is 5.75 Å². The minimum absolute atomic E-state index is 0.570. The SMILES string of the molecule is CCOCCCOc1c(OC)cc(CBr)cc1OC. The third kappa shape index (κ3) is 4.91. The van der Waals surface area contributed by atoms with Gasteiger partial charge >= 0.3 is 0 Å². The Morgan fingerprint density at radius 3 is 2.16 bits per heavy atom. The summed E-state index contributed by atoms with van der Waals surface area (Å²) in [6.45, 7) is 3.97. The van der Waals surface area contributed by atoms with Crippen LogP contribution in [0.4, 0.5) is 0 Å². The molecule has 0 aliphatic rings. The fourth-order valence-corrected chi connectivity index (χ4v) is 1.96. The lowest BCUT2D eigenvalue weighted by atomic mass is 10.2. The third-order valence-corrected chi connectivity index (χ3v) is 3.21. The highest BCUT2D eigenvalue weighted by molar-refractivity contribution is 9.08. The largest absolute Gasteiger partial charge is 0.493 e. The van der Waals surface area contributed by atoms with Crippen molar-refractivity contribution in [2.24, 2.45) is 0 Å². The lowest BCUT2D eigenvalue weighted by Gasteiger charge is -2.15. The maximum atomic E-state index is 5.75. The second kappa shape index (κ2) is 9.04. The summed E-state index contributed by atoms with van der Waals surface area (Å²) in [6.07, 6.45) is 0.834. The summed E-state index contributed by atoms with van der Waals surface area (Å²) in [6, 6.07) is 3.88. The Balaban J connectivity index is 2.73.